The summed E-state index contributed by atoms with van der Waals surface area (Å²) >= 11 is 0. The molecule has 0 saturated carbocycles. The number of esters is 1. The molecule has 0 rings (SSSR count). The molecule has 310 valence electrons. The predicted molar refractivity (Wildman–Crippen MR) is 222 cm³/mol. The lowest BCUT2D eigenvalue weighted by Gasteiger charge is -2.18. The van der Waals surface area contributed by atoms with Crippen LogP contribution in [-0.4, -0.2) is 59.3 Å². The Balaban J connectivity index is 4.36. The van der Waals surface area contributed by atoms with E-state index in [4.69, 9.17) is 14.9 Å². The SMILES string of the molecule is CC/C=C\C/C=C\C/C=C\CCCCCCCC(=O)OC(CCC/C=C\CCCCCCCC)CCCCCCCC(=O)NCC(=O)NC(CO)C(=O)O. The van der Waals surface area contributed by atoms with Crippen LogP contribution in [0, 0.1) is 0 Å². The summed E-state index contributed by atoms with van der Waals surface area (Å²) in [4.78, 5) is 47.5. The molecular weight excluding hydrogens is 681 g/mol. The van der Waals surface area contributed by atoms with Crippen molar-refractivity contribution in [2.45, 2.75) is 199 Å². The van der Waals surface area contributed by atoms with Crippen molar-refractivity contribution in [3.8, 4) is 0 Å². The van der Waals surface area contributed by atoms with Gasteiger partial charge in [-0.1, -0.05) is 133 Å². The third kappa shape index (κ3) is 35.8. The highest BCUT2D eigenvalue weighted by Gasteiger charge is 2.19. The Labute approximate surface area is 328 Å². The number of carbonyl (C=O) groups is 4. The van der Waals surface area contributed by atoms with Crippen molar-refractivity contribution in [1.82, 2.24) is 10.6 Å². The molecule has 0 aliphatic carbocycles. The highest BCUT2D eigenvalue weighted by molar-refractivity contribution is 5.87. The number of hydrogen-bond donors (Lipinski definition) is 4. The van der Waals surface area contributed by atoms with Gasteiger partial charge in [-0.05, 0) is 89.9 Å². The molecule has 0 bridgehead atoms. The second-order valence-corrected chi connectivity index (χ2v) is 14.4. The Kier molecular flexibility index (Phi) is 37.2. The number of allylic oxidation sites excluding steroid dienone is 8. The zero-order chi connectivity index (χ0) is 39.7. The molecule has 0 saturated heterocycles. The second kappa shape index (κ2) is 39.5. The standard InChI is InChI=1S/C45H78N2O7/c1-3-5-7-9-11-13-15-16-17-18-20-22-24-29-33-37-44(51)54-40(34-30-26-23-21-19-14-12-10-8-6-4-2)35-31-27-25-28-32-36-42(49)46-38-43(50)47-41(39-48)45(52)53/h5,7,11,13,16-17,21,23,40-41,48H,3-4,6,8-10,12,14-15,18-20,22,24-39H2,1-2H3,(H,46,49)(H,47,50)(H,52,53)/b7-5-,13-11-,17-16-,23-21-. The number of unbranched alkanes of at least 4 members (excludes halogenated alkanes) is 16. The Hall–Kier alpha value is -3.20. The molecule has 2 amide bonds. The first-order chi connectivity index (χ1) is 26.3. The van der Waals surface area contributed by atoms with E-state index in [0.717, 1.165) is 103 Å². The van der Waals surface area contributed by atoms with E-state index in [1.165, 1.54) is 51.4 Å². The lowest BCUT2D eigenvalue weighted by Crippen LogP contribution is -2.47. The van der Waals surface area contributed by atoms with E-state index in [9.17, 15) is 19.2 Å². The molecule has 0 aliphatic heterocycles. The van der Waals surface area contributed by atoms with E-state index in [-0.39, 0.29) is 30.9 Å². The van der Waals surface area contributed by atoms with Gasteiger partial charge in [-0.3, -0.25) is 14.4 Å². The molecule has 2 atom stereocenters. The van der Waals surface area contributed by atoms with Crippen molar-refractivity contribution >= 4 is 23.8 Å². The maximum absolute atomic E-state index is 12.8. The average molecular weight is 759 g/mol. The summed E-state index contributed by atoms with van der Waals surface area (Å²) in [5, 5.41) is 22.5. The van der Waals surface area contributed by atoms with E-state index < -0.39 is 24.5 Å². The maximum atomic E-state index is 12.8. The predicted octanol–water partition coefficient (Wildman–Crippen LogP) is 10.4. The fourth-order valence-electron chi connectivity index (χ4n) is 6.02. The summed E-state index contributed by atoms with van der Waals surface area (Å²) in [6.07, 6.45) is 45.6. The number of amides is 2. The number of aliphatic hydroxyl groups is 1. The van der Waals surface area contributed by atoms with Crippen LogP contribution in [0.5, 0.6) is 0 Å². The number of rotatable bonds is 38. The molecule has 9 heteroatoms. The quantitative estimate of drug-likeness (QED) is 0.0279. The highest BCUT2D eigenvalue weighted by Crippen LogP contribution is 2.18. The van der Waals surface area contributed by atoms with Gasteiger partial charge in [0.05, 0.1) is 13.2 Å². The van der Waals surface area contributed by atoms with Gasteiger partial charge in [0, 0.05) is 12.8 Å². The Bertz CT molecular complexity index is 1050. The molecule has 0 heterocycles. The van der Waals surface area contributed by atoms with Crippen molar-refractivity contribution in [1.29, 1.82) is 0 Å². The molecule has 9 nitrogen and oxygen atoms in total. The van der Waals surface area contributed by atoms with Crippen molar-refractivity contribution in [2.75, 3.05) is 13.2 Å². The first-order valence-corrected chi connectivity index (χ1v) is 21.5. The third-order valence-corrected chi connectivity index (χ3v) is 9.31. The number of carboxylic acids is 1. The van der Waals surface area contributed by atoms with Gasteiger partial charge >= 0.3 is 11.9 Å². The van der Waals surface area contributed by atoms with E-state index >= 15 is 0 Å². The van der Waals surface area contributed by atoms with Crippen LogP contribution in [0.2, 0.25) is 0 Å². The number of ether oxygens (including phenoxy) is 1. The van der Waals surface area contributed by atoms with E-state index in [1.54, 1.807) is 0 Å². The number of aliphatic hydroxyl groups excluding tert-OH is 1. The van der Waals surface area contributed by atoms with Gasteiger partial charge in [0.1, 0.15) is 12.1 Å². The summed E-state index contributed by atoms with van der Waals surface area (Å²) in [7, 11) is 0. The van der Waals surface area contributed by atoms with Gasteiger partial charge < -0.3 is 25.6 Å². The van der Waals surface area contributed by atoms with E-state index in [1.807, 2.05) is 0 Å². The van der Waals surface area contributed by atoms with Gasteiger partial charge in [0.25, 0.3) is 0 Å². The molecule has 0 fully saturated rings. The lowest BCUT2D eigenvalue weighted by atomic mass is 10.0. The minimum atomic E-state index is -1.39. The van der Waals surface area contributed by atoms with Crippen LogP contribution in [0.3, 0.4) is 0 Å². The first-order valence-electron chi connectivity index (χ1n) is 21.5. The fourth-order valence-corrected chi connectivity index (χ4v) is 6.02. The summed E-state index contributed by atoms with van der Waals surface area (Å²) in [6.45, 7) is 3.35. The van der Waals surface area contributed by atoms with Crippen LogP contribution in [0.25, 0.3) is 0 Å². The largest absolute Gasteiger partial charge is 0.480 e. The molecule has 4 N–H and O–H groups in total. The second-order valence-electron chi connectivity index (χ2n) is 14.4. The minimum absolute atomic E-state index is 0.0533. The number of carbonyl (C=O) groups excluding carboxylic acids is 3. The van der Waals surface area contributed by atoms with Crippen LogP contribution in [0.1, 0.15) is 187 Å². The normalized spacial score (nSPS) is 12.9. The smallest absolute Gasteiger partial charge is 0.328 e. The van der Waals surface area contributed by atoms with Gasteiger partial charge in [0.15, 0.2) is 0 Å². The molecule has 0 radical (unpaired) electrons. The molecular formula is C45H78N2O7. The fraction of sp³-hybridized carbons (Fsp3) is 0.733. The Morgan fingerprint density at radius 1 is 0.574 bits per heavy atom. The van der Waals surface area contributed by atoms with Crippen LogP contribution in [0.4, 0.5) is 0 Å². The highest BCUT2D eigenvalue weighted by atomic mass is 16.5. The zero-order valence-corrected chi connectivity index (χ0v) is 34.2. The van der Waals surface area contributed by atoms with Crippen LogP contribution >= 0.6 is 0 Å². The molecule has 0 spiro atoms. The van der Waals surface area contributed by atoms with Crippen molar-refractivity contribution in [3.05, 3.63) is 48.6 Å². The summed E-state index contributed by atoms with van der Waals surface area (Å²) in [5.74, 6) is -2.33. The molecule has 54 heavy (non-hydrogen) atoms. The minimum Gasteiger partial charge on any atom is -0.480 e. The average Bonchev–Trinajstić information content (AvgIpc) is 3.15. The molecule has 0 aromatic heterocycles. The molecule has 2 unspecified atom stereocenters. The molecule has 0 aliphatic rings. The third-order valence-electron chi connectivity index (χ3n) is 9.31. The number of carboxylic acid groups (broad SMARTS) is 1. The maximum Gasteiger partial charge on any atom is 0.328 e. The molecule has 0 aromatic carbocycles. The van der Waals surface area contributed by atoms with Crippen LogP contribution < -0.4 is 10.6 Å². The van der Waals surface area contributed by atoms with Gasteiger partial charge in [-0.2, -0.15) is 0 Å². The summed E-state index contributed by atoms with van der Waals surface area (Å²) in [6, 6.07) is -1.39. The monoisotopic (exact) mass is 759 g/mol. The van der Waals surface area contributed by atoms with Gasteiger partial charge in [0.2, 0.25) is 11.8 Å². The van der Waals surface area contributed by atoms with E-state index in [0.29, 0.717) is 12.8 Å². The summed E-state index contributed by atoms with van der Waals surface area (Å²) < 4.78 is 6.00. The first kappa shape index (κ1) is 50.8. The van der Waals surface area contributed by atoms with Gasteiger partial charge in [-0.15, -0.1) is 0 Å². The van der Waals surface area contributed by atoms with Crippen molar-refractivity contribution in [2.24, 2.45) is 0 Å². The molecule has 0 aromatic rings. The number of nitrogens with one attached hydrogen (secondary N) is 2. The summed E-state index contributed by atoms with van der Waals surface area (Å²) in [5.41, 5.74) is 0. The number of aliphatic carboxylic acids is 1. The number of hydrogen-bond acceptors (Lipinski definition) is 6. The Morgan fingerprint density at radius 2 is 1.07 bits per heavy atom. The zero-order valence-electron chi connectivity index (χ0n) is 34.2. The van der Waals surface area contributed by atoms with Crippen molar-refractivity contribution in [3.63, 3.8) is 0 Å². The van der Waals surface area contributed by atoms with Crippen molar-refractivity contribution < 1.29 is 34.1 Å². The van der Waals surface area contributed by atoms with Gasteiger partial charge in [-0.25, -0.2) is 4.79 Å². The Morgan fingerprint density at radius 3 is 1.69 bits per heavy atom. The van der Waals surface area contributed by atoms with E-state index in [2.05, 4.69) is 73.1 Å². The van der Waals surface area contributed by atoms with Crippen LogP contribution in [-0.2, 0) is 23.9 Å². The topological polar surface area (TPSA) is 142 Å². The van der Waals surface area contributed by atoms with Crippen LogP contribution in [0.15, 0.2) is 48.6 Å². The lowest BCUT2D eigenvalue weighted by molar-refractivity contribution is -0.150.